The van der Waals surface area contributed by atoms with Gasteiger partial charge in [-0.1, -0.05) is 53.7 Å². The summed E-state index contributed by atoms with van der Waals surface area (Å²) in [5.74, 6) is 1.33. The first-order valence-electron chi connectivity index (χ1n) is 8.94. The summed E-state index contributed by atoms with van der Waals surface area (Å²) in [5.41, 5.74) is 1.35. The SMILES string of the molecule is COc1ccc(Cl)cc1NC1NC(=O)/C(=C/c2ccc(OC)c3ccccc23)S1. The molecule has 0 saturated carbocycles. The summed E-state index contributed by atoms with van der Waals surface area (Å²) >= 11 is 7.50. The van der Waals surface area contributed by atoms with Gasteiger partial charge in [-0.05, 0) is 41.3 Å². The molecule has 1 aliphatic heterocycles. The number of rotatable bonds is 5. The molecule has 148 valence electrons. The molecule has 7 heteroatoms. The number of benzene rings is 3. The third kappa shape index (κ3) is 3.99. The second-order valence-corrected chi connectivity index (χ2v) is 7.95. The van der Waals surface area contributed by atoms with Gasteiger partial charge in [0.2, 0.25) is 0 Å². The summed E-state index contributed by atoms with van der Waals surface area (Å²) in [5, 5.41) is 8.82. The number of hydrogen-bond acceptors (Lipinski definition) is 5. The van der Waals surface area contributed by atoms with Crippen LogP contribution in [0, 0.1) is 0 Å². The fourth-order valence-corrected chi connectivity index (χ4v) is 4.38. The fourth-order valence-electron chi connectivity index (χ4n) is 3.24. The van der Waals surface area contributed by atoms with E-state index < -0.39 is 0 Å². The van der Waals surface area contributed by atoms with E-state index in [0.717, 1.165) is 22.1 Å². The van der Waals surface area contributed by atoms with E-state index in [-0.39, 0.29) is 11.4 Å². The van der Waals surface area contributed by atoms with Crippen molar-refractivity contribution >= 4 is 51.8 Å². The molecule has 0 spiro atoms. The number of amides is 1. The van der Waals surface area contributed by atoms with Crippen molar-refractivity contribution in [1.82, 2.24) is 5.32 Å². The number of methoxy groups -OCH3 is 2. The normalized spacial score (nSPS) is 17.4. The minimum atomic E-state index is -0.328. The van der Waals surface area contributed by atoms with Gasteiger partial charge in [0.25, 0.3) is 5.91 Å². The van der Waals surface area contributed by atoms with E-state index >= 15 is 0 Å². The Balaban J connectivity index is 1.62. The first-order chi connectivity index (χ1) is 14.1. The molecule has 5 nitrogen and oxygen atoms in total. The van der Waals surface area contributed by atoms with Gasteiger partial charge in [-0.3, -0.25) is 4.79 Å². The molecule has 0 aliphatic carbocycles. The van der Waals surface area contributed by atoms with Crippen LogP contribution in [-0.4, -0.2) is 25.6 Å². The van der Waals surface area contributed by atoms with Crippen LogP contribution in [0.25, 0.3) is 16.8 Å². The molecule has 1 amide bonds. The Bertz CT molecular complexity index is 1120. The van der Waals surface area contributed by atoms with Gasteiger partial charge in [0.05, 0.1) is 24.8 Å². The molecule has 0 radical (unpaired) electrons. The summed E-state index contributed by atoms with van der Waals surface area (Å²) in [6.45, 7) is 0. The fraction of sp³-hybridized carbons (Fsp3) is 0.136. The molecule has 1 unspecified atom stereocenters. The van der Waals surface area contributed by atoms with Gasteiger partial charge in [0.1, 0.15) is 11.5 Å². The summed E-state index contributed by atoms with van der Waals surface area (Å²) < 4.78 is 10.8. The number of anilines is 1. The highest BCUT2D eigenvalue weighted by atomic mass is 35.5. The molecule has 2 N–H and O–H groups in total. The lowest BCUT2D eigenvalue weighted by molar-refractivity contribution is -0.116. The zero-order valence-electron chi connectivity index (χ0n) is 15.9. The van der Waals surface area contributed by atoms with Crippen molar-refractivity contribution in [2.75, 3.05) is 19.5 Å². The van der Waals surface area contributed by atoms with Crippen molar-refractivity contribution in [3.8, 4) is 11.5 Å². The van der Waals surface area contributed by atoms with Gasteiger partial charge in [0, 0.05) is 10.4 Å². The first-order valence-corrected chi connectivity index (χ1v) is 10.2. The van der Waals surface area contributed by atoms with E-state index in [4.69, 9.17) is 21.1 Å². The van der Waals surface area contributed by atoms with Gasteiger partial charge in [0.15, 0.2) is 5.50 Å². The van der Waals surface area contributed by atoms with Crippen LogP contribution >= 0.6 is 23.4 Å². The second kappa shape index (κ2) is 8.27. The Morgan fingerprint density at radius 2 is 1.76 bits per heavy atom. The van der Waals surface area contributed by atoms with Gasteiger partial charge in [-0.25, -0.2) is 0 Å². The minimum Gasteiger partial charge on any atom is -0.496 e. The standard InChI is InChI=1S/C22H19ClN2O3S/c1-27-18-9-7-13(15-5-3-4-6-16(15)18)11-20-21(26)25-22(29-20)24-17-12-14(23)8-10-19(17)28-2/h3-12,22,24H,1-2H3,(H,25,26)/b20-11-. The second-order valence-electron chi connectivity index (χ2n) is 6.37. The molecular formula is C22H19ClN2O3S. The summed E-state index contributed by atoms with van der Waals surface area (Å²) in [7, 11) is 3.25. The monoisotopic (exact) mass is 426 g/mol. The maximum absolute atomic E-state index is 12.5. The van der Waals surface area contributed by atoms with Crippen molar-refractivity contribution in [2.45, 2.75) is 5.50 Å². The van der Waals surface area contributed by atoms with Crippen LogP contribution in [0.3, 0.4) is 0 Å². The Hall–Kier alpha value is -2.83. The van der Waals surface area contributed by atoms with Crippen LogP contribution in [0.1, 0.15) is 5.56 Å². The number of ether oxygens (including phenoxy) is 2. The number of nitrogens with one attached hydrogen (secondary N) is 2. The minimum absolute atomic E-state index is 0.131. The Morgan fingerprint density at radius 3 is 2.52 bits per heavy atom. The zero-order valence-corrected chi connectivity index (χ0v) is 17.4. The predicted molar refractivity (Wildman–Crippen MR) is 120 cm³/mol. The van der Waals surface area contributed by atoms with Crippen molar-refractivity contribution < 1.29 is 14.3 Å². The molecule has 1 heterocycles. The summed E-state index contributed by atoms with van der Waals surface area (Å²) in [4.78, 5) is 13.2. The highest BCUT2D eigenvalue weighted by Crippen LogP contribution is 2.36. The van der Waals surface area contributed by atoms with Crippen LogP contribution in [0.4, 0.5) is 5.69 Å². The van der Waals surface area contributed by atoms with Crippen molar-refractivity contribution in [3.63, 3.8) is 0 Å². The number of halogens is 1. The topological polar surface area (TPSA) is 59.6 Å². The van der Waals surface area contributed by atoms with E-state index in [2.05, 4.69) is 10.6 Å². The van der Waals surface area contributed by atoms with E-state index in [9.17, 15) is 4.79 Å². The van der Waals surface area contributed by atoms with Crippen LogP contribution < -0.4 is 20.1 Å². The Kier molecular flexibility index (Phi) is 5.56. The molecule has 3 aromatic carbocycles. The van der Waals surface area contributed by atoms with Gasteiger partial charge in [-0.15, -0.1) is 0 Å². The van der Waals surface area contributed by atoms with Crippen LogP contribution in [0.5, 0.6) is 11.5 Å². The molecule has 1 saturated heterocycles. The first kappa shape index (κ1) is 19.5. The van der Waals surface area contributed by atoms with Gasteiger partial charge >= 0.3 is 0 Å². The average Bonchev–Trinajstić information content (AvgIpc) is 3.07. The number of thioether (sulfide) groups is 1. The highest BCUT2D eigenvalue weighted by molar-refractivity contribution is 8.05. The maximum atomic E-state index is 12.5. The quantitative estimate of drug-likeness (QED) is 0.555. The lowest BCUT2D eigenvalue weighted by Crippen LogP contribution is -2.31. The number of hydrogen-bond donors (Lipinski definition) is 2. The average molecular weight is 427 g/mol. The predicted octanol–water partition coefficient (Wildman–Crippen LogP) is 5.11. The number of carbonyl (C=O) groups excluding carboxylic acids is 1. The highest BCUT2D eigenvalue weighted by Gasteiger charge is 2.28. The van der Waals surface area contributed by atoms with E-state index in [1.807, 2.05) is 42.5 Å². The van der Waals surface area contributed by atoms with Crippen LogP contribution in [0.15, 0.2) is 59.5 Å². The van der Waals surface area contributed by atoms with Crippen LogP contribution in [-0.2, 0) is 4.79 Å². The Morgan fingerprint density at radius 1 is 1.03 bits per heavy atom. The molecule has 4 rings (SSSR count). The zero-order chi connectivity index (χ0) is 20.4. The molecule has 29 heavy (non-hydrogen) atoms. The van der Waals surface area contributed by atoms with E-state index in [1.54, 1.807) is 32.4 Å². The molecule has 3 aromatic rings. The third-order valence-electron chi connectivity index (χ3n) is 4.60. The van der Waals surface area contributed by atoms with Crippen molar-refractivity contribution in [1.29, 1.82) is 0 Å². The number of fused-ring (bicyclic) bond motifs is 1. The molecule has 0 bridgehead atoms. The smallest absolute Gasteiger partial charge is 0.260 e. The molecular weight excluding hydrogens is 408 g/mol. The molecule has 0 aromatic heterocycles. The molecule has 1 aliphatic rings. The largest absolute Gasteiger partial charge is 0.496 e. The van der Waals surface area contributed by atoms with E-state index in [0.29, 0.717) is 21.4 Å². The third-order valence-corrected chi connectivity index (χ3v) is 5.87. The number of carbonyl (C=O) groups is 1. The van der Waals surface area contributed by atoms with Gasteiger partial charge in [-0.2, -0.15) is 0 Å². The summed E-state index contributed by atoms with van der Waals surface area (Å²) in [6.07, 6.45) is 1.90. The van der Waals surface area contributed by atoms with Crippen molar-refractivity contribution in [3.05, 3.63) is 70.1 Å². The lowest BCUT2D eigenvalue weighted by Gasteiger charge is -2.15. The van der Waals surface area contributed by atoms with Crippen molar-refractivity contribution in [2.24, 2.45) is 0 Å². The summed E-state index contributed by atoms with van der Waals surface area (Å²) in [6, 6.07) is 17.2. The molecule has 1 atom stereocenters. The lowest BCUT2D eigenvalue weighted by atomic mass is 10.0. The maximum Gasteiger partial charge on any atom is 0.260 e. The molecule has 1 fully saturated rings. The van der Waals surface area contributed by atoms with Gasteiger partial charge < -0.3 is 20.1 Å². The Labute approximate surface area is 178 Å². The van der Waals surface area contributed by atoms with E-state index in [1.165, 1.54) is 11.8 Å². The van der Waals surface area contributed by atoms with Crippen LogP contribution in [0.2, 0.25) is 5.02 Å².